The number of aryl methyl sites for hydroxylation is 1. The van der Waals surface area contributed by atoms with E-state index in [0.29, 0.717) is 12.2 Å². The molecule has 1 aliphatic heterocycles. The number of rotatable bonds is 2. The molecule has 2 aromatic rings. The van der Waals surface area contributed by atoms with Crippen LogP contribution in [0.1, 0.15) is 36.0 Å². The fraction of sp³-hybridized carbons (Fsp3) is 0.381. The van der Waals surface area contributed by atoms with Crippen LogP contribution in [-0.2, 0) is 23.2 Å². The molecule has 2 aliphatic rings. The topological polar surface area (TPSA) is 20.3 Å². The molecule has 124 valence electrons. The van der Waals surface area contributed by atoms with Gasteiger partial charge >= 0.3 is 0 Å². The minimum absolute atomic E-state index is 0.272. The molecule has 1 aliphatic carbocycles. The van der Waals surface area contributed by atoms with E-state index in [1.54, 1.807) is 0 Å². The molecule has 0 bridgehead atoms. The van der Waals surface area contributed by atoms with Crippen molar-refractivity contribution in [2.45, 2.75) is 37.6 Å². The summed E-state index contributed by atoms with van der Waals surface area (Å²) in [6.45, 7) is 2.92. The zero-order valence-corrected chi connectivity index (χ0v) is 14.6. The molecule has 0 unspecified atom stereocenters. The van der Waals surface area contributed by atoms with E-state index in [1.807, 2.05) is 6.07 Å². The van der Waals surface area contributed by atoms with Crippen LogP contribution in [-0.4, -0.2) is 23.8 Å². The maximum Gasteiger partial charge on any atom is 0.143 e. The molecule has 0 atom stereocenters. The molecule has 0 saturated carbocycles. The van der Waals surface area contributed by atoms with Gasteiger partial charge in [0, 0.05) is 18.0 Å². The standard InChI is InChI=1S/C21H22ClNO/c22-18-7-8-19-17(14-18)6-9-20(24)21(19)10-12-23(13-11-21)15-16-4-2-1-3-5-16/h1-5,7-8,14H,6,9-13,15H2. The van der Waals surface area contributed by atoms with Crippen LogP contribution < -0.4 is 0 Å². The van der Waals surface area contributed by atoms with E-state index in [0.717, 1.165) is 43.9 Å². The minimum atomic E-state index is -0.272. The Kier molecular flexibility index (Phi) is 4.19. The summed E-state index contributed by atoms with van der Waals surface area (Å²) in [6.07, 6.45) is 3.34. The third-order valence-electron chi connectivity index (χ3n) is 5.70. The SMILES string of the molecule is O=C1CCc2cc(Cl)ccc2C12CCN(Cc1ccccc1)CC2. The number of nitrogens with zero attached hydrogens (tertiary/aromatic N) is 1. The summed E-state index contributed by atoms with van der Waals surface area (Å²) in [4.78, 5) is 15.3. The Labute approximate surface area is 148 Å². The number of Topliss-reactive ketones (excluding diaryl/α,β-unsaturated/α-hetero) is 1. The van der Waals surface area contributed by atoms with Crippen molar-refractivity contribution in [2.75, 3.05) is 13.1 Å². The number of carbonyl (C=O) groups excluding carboxylic acids is 1. The number of ketones is 1. The predicted octanol–water partition coefficient (Wildman–Crippen LogP) is 4.39. The zero-order chi connectivity index (χ0) is 16.6. The Balaban J connectivity index is 1.55. The average molecular weight is 340 g/mol. The van der Waals surface area contributed by atoms with Crippen LogP contribution in [0.5, 0.6) is 0 Å². The lowest BCUT2D eigenvalue weighted by atomic mass is 9.64. The van der Waals surface area contributed by atoms with Gasteiger partial charge in [-0.15, -0.1) is 0 Å². The third-order valence-corrected chi connectivity index (χ3v) is 5.93. The number of carbonyl (C=O) groups is 1. The van der Waals surface area contributed by atoms with E-state index in [1.165, 1.54) is 16.7 Å². The van der Waals surface area contributed by atoms with Crippen LogP contribution in [0, 0.1) is 0 Å². The molecule has 2 aromatic carbocycles. The number of piperidine rings is 1. The van der Waals surface area contributed by atoms with E-state index in [2.05, 4.69) is 47.4 Å². The van der Waals surface area contributed by atoms with Gasteiger partial charge in [0.15, 0.2) is 0 Å². The first-order chi connectivity index (χ1) is 11.7. The first-order valence-corrected chi connectivity index (χ1v) is 9.14. The molecule has 1 heterocycles. The monoisotopic (exact) mass is 339 g/mol. The fourth-order valence-electron chi connectivity index (χ4n) is 4.36. The van der Waals surface area contributed by atoms with Gasteiger partial charge in [-0.25, -0.2) is 0 Å². The number of hydrogen-bond acceptors (Lipinski definition) is 2. The average Bonchev–Trinajstić information content (AvgIpc) is 2.61. The van der Waals surface area contributed by atoms with E-state index in [9.17, 15) is 4.79 Å². The molecule has 0 amide bonds. The number of halogens is 1. The van der Waals surface area contributed by atoms with E-state index in [4.69, 9.17) is 11.6 Å². The molecule has 24 heavy (non-hydrogen) atoms. The molecule has 0 N–H and O–H groups in total. The molecule has 2 nitrogen and oxygen atoms in total. The summed E-state index contributed by atoms with van der Waals surface area (Å²) in [5, 5.41) is 0.778. The van der Waals surface area contributed by atoms with Gasteiger partial charge in [0.05, 0.1) is 5.41 Å². The lowest BCUT2D eigenvalue weighted by Crippen LogP contribution is -2.49. The normalized spacial score (nSPS) is 20.1. The van der Waals surface area contributed by atoms with Crippen molar-refractivity contribution in [2.24, 2.45) is 0 Å². The van der Waals surface area contributed by atoms with Crippen LogP contribution in [0.15, 0.2) is 48.5 Å². The predicted molar refractivity (Wildman–Crippen MR) is 97.4 cm³/mol. The number of fused-ring (bicyclic) bond motifs is 2. The Morgan fingerprint density at radius 1 is 1.00 bits per heavy atom. The molecule has 1 spiro atoms. The van der Waals surface area contributed by atoms with Crippen molar-refractivity contribution < 1.29 is 4.79 Å². The molecule has 0 radical (unpaired) electrons. The van der Waals surface area contributed by atoms with Gasteiger partial charge in [0.25, 0.3) is 0 Å². The Bertz CT molecular complexity index is 748. The summed E-state index contributed by atoms with van der Waals surface area (Å²) in [6, 6.07) is 16.7. The second kappa shape index (κ2) is 6.34. The van der Waals surface area contributed by atoms with Crippen molar-refractivity contribution in [1.82, 2.24) is 4.90 Å². The molecule has 0 aromatic heterocycles. The maximum atomic E-state index is 12.8. The van der Waals surface area contributed by atoms with E-state index in [-0.39, 0.29) is 5.41 Å². The highest BCUT2D eigenvalue weighted by atomic mass is 35.5. The van der Waals surface area contributed by atoms with Crippen molar-refractivity contribution in [3.63, 3.8) is 0 Å². The first-order valence-electron chi connectivity index (χ1n) is 8.76. The highest BCUT2D eigenvalue weighted by Gasteiger charge is 2.45. The zero-order valence-electron chi connectivity index (χ0n) is 13.8. The third kappa shape index (κ3) is 2.78. The van der Waals surface area contributed by atoms with Crippen molar-refractivity contribution in [3.8, 4) is 0 Å². The highest BCUT2D eigenvalue weighted by Crippen LogP contribution is 2.43. The van der Waals surface area contributed by atoms with Crippen LogP contribution in [0.2, 0.25) is 5.02 Å². The molecule has 3 heteroatoms. The number of benzene rings is 2. The second-order valence-corrected chi connectivity index (χ2v) is 7.50. The molecule has 1 saturated heterocycles. The summed E-state index contributed by atoms with van der Waals surface area (Å²) >= 11 is 6.16. The molecular weight excluding hydrogens is 318 g/mol. The van der Waals surface area contributed by atoms with Crippen LogP contribution in [0.4, 0.5) is 0 Å². The van der Waals surface area contributed by atoms with Gasteiger partial charge in [-0.3, -0.25) is 9.69 Å². The van der Waals surface area contributed by atoms with Crippen LogP contribution in [0.25, 0.3) is 0 Å². The number of hydrogen-bond donors (Lipinski definition) is 0. The van der Waals surface area contributed by atoms with Gasteiger partial charge in [0.1, 0.15) is 5.78 Å². The quantitative estimate of drug-likeness (QED) is 0.808. The summed E-state index contributed by atoms with van der Waals surface area (Å²) in [7, 11) is 0. The Hall–Kier alpha value is -1.64. The highest BCUT2D eigenvalue weighted by molar-refractivity contribution is 6.30. The molecular formula is C21H22ClNO. The fourth-order valence-corrected chi connectivity index (χ4v) is 4.55. The Morgan fingerprint density at radius 3 is 2.50 bits per heavy atom. The van der Waals surface area contributed by atoms with Gasteiger partial charge in [-0.05, 0) is 61.2 Å². The minimum Gasteiger partial charge on any atom is -0.299 e. The number of likely N-dealkylation sites (tertiary alicyclic amines) is 1. The smallest absolute Gasteiger partial charge is 0.143 e. The summed E-state index contributed by atoms with van der Waals surface area (Å²) in [5.41, 5.74) is 3.59. The second-order valence-electron chi connectivity index (χ2n) is 7.07. The summed E-state index contributed by atoms with van der Waals surface area (Å²) < 4.78 is 0. The maximum absolute atomic E-state index is 12.8. The first kappa shape index (κ1) is 15.9. The largest absolute Gasteiger partial charge is 0.299 e. The van der Waals surface area contributed by atoms with Crippen LogP contribution in [0.3, 0.4) is 0 Å². The molecule has 4 rings (SSSR count). The van der Waals surface area contributed by atoms with Gasteiger partial charge in [-0.2, -0.15) is 0 Å². The molecule has 1 fully saturated rings. The van der Waals surface area contributed by atoms with E-state index < -0.39 is 0 Å². The van der Waals surface area contributed by atoms with Gasteiger partial charge in [0.2, 0.25) is 0 Å². The van der Waals surface area contributed by atoms with Crippen molar-refractivity contribution >= 4 is 17.4 Å². The van der Waals surface area contributed by atoms with Crippen molar-refractivity contribution in [1.29, 1.82) is 0 Å². The van der Waals surface area contributed by atoms with Crippen molar-refractivity contribution in [3.05, 3.63) is 70.2 Å². The van der Waals surface area contributed by atoms with Gasteiger partial charge in [-0.1, -0.05) is 48.0 Å². The Morgan fingerprint density at radius 2 is 1.75 bits per heavy atom. The van der Waals surface area contributed by atoms with Crippen LogP contribution >= 0.6 is 11.6 Å². The van der Waals surface area contributed by atoms with Gasteiger partial charge < -0.3 is 0 Å². The van der Waals surface area contributed by atoms with E-state index >= 15 is 0 Å². The summed E-state index contributed by atoms with van der Waals surface area (Å²) in [5.74, 6) is 0.427. The lowest BCUT2D eigenvalue weighted by molar-refractivity contribution is -0.127. The lowest BCUT2D eigenvalue weighted by Gasteiger charge is -2.44.